The number of rotatable bonds is 7. The number of ether oxygens (including phenoxy) is 1. The van der Waals surface area contributed by atoms with Gasteiger partial charge in [0.2, 0.25) is 0 Å². The number of amides is 1. The van der Waals surface area contributed by atoms with E-state index in [2.05, 4.69) is 0 Å². The molecule has 1 aliphatic rings. The highest BCUT2D eigenvalue weighted by Gasteiger charge is 2.29. The number of carbonyl (C=O) groups excluding carboxylic acids is 2. The number of carbonyl (C=O) groups is 2. The Morgan fingerprint density at radius 2 is 1.83 bits per heavy atom. The first-order valence-electron chi connectivity index (χ1n) is 10.2. The van der Waals surface area contributed by atoms with Gasteiger partial charge in [0.1, 0.15) is 12.1 Å². The molecule has 2 aromatic rings. The van der Waals surface area contributed by atoms with E-state index in [1.54, 1.807) is 4.90 Å². The summed E-state index contributed by atoms with van der Waals surface area (Å²) in [6.07, 6.45) is 2.22. The van der Waals surface area contributed by atoms with Gasteiger partial charge in [-0.05, 0) is 59.8 Å². The molecule has 1 aromatic carbocycles. The summed E-state index contributed by atoms with van der Waals surface area (Å²) in [6.45, 7) is 6.52. The Balaban J connectivity index is 1.93. The van der Waals surface area contributed by atoms with Crippen LogP contribution in [0.15, 0.2) is 30.3 Å². The van der Waals surface area contributed by atoms with Crippen LogP contribution in [-0.4, -0.2) is 66.0 Å². The molecule has 1 fully saturated rings. The molecule has 0 spiro atoms. The summed E-state index contributed by atoms with van der Waals surface area (Å²) in [6, 6.07) is 9.63. The van der Waals surface area contributed by atoms with Crippen molar-refractivity contribution >= 4 is 22.8 Å². The van der Waals surface area contributed by atoms with Crippen LogP contribution in [0.3, 0.4) is 0 Å². The number of benzene rings is 1. The van der Waals surface area contributed by atoms with Crippen molar-refractivity contribution in [2.24, 2.45) is 0 Å². The third kappa shape index (κ3) is 5.76. The second-order valence-electron chi connectivity index (χ2n) is 9.00. The quantitative estimate of drug-likeness (QED) is 0.670. The van der Waals surface area contributed by atoms with Crippen molar-refractivity contribution in [3.05, 3.63) is 41.6 Å². The fourth-order valence-electron chi connectivity index (χ4n) is 3.23. The average molecular weight is 398 g/mol. The van der Waals surface area contributed by atoms with E-state index in [9.17, 15) is 9.59 Å². The third-order valence-electron chi connectivity index (χ3n) is 4.81. The molecule has 1 aliphatic carbocycles. The largest absolute Gasteiger partial charge is 0.459 e. The smallest absolute Gasteiger partial charge is 0.326 e. The molecule has 29 heavy (non-hydrogen) atoms. The minimum Gasteiger partial charge on any atom is -0.459 e. The second-order valence-corrected chi connectivity index (χ2v) is 9.00. The van der Waals surface area contributed by atoms with Gasteiger partial charge >= 0.3 is 5.97 Å². The molecule has 6 nitrogen and oxygen atoms in total. The molecule has 6 heteroatoms. The molecule has 1 saturated carbocycles. The topological polar surface area (TPSA) is 62.7 Å². The van der Waals surface area contributed by atoms with Crippen LogP contribution in [-0.2, 0) is 9.53 Å². The number of hydrogen-bond donors (Lipinski definition) is 0. The number of aromatic nitrogens is 1. The number of para-hydroxylation sites is 1. The van der Waals surface area contributed by atoms with Crippen LogP contribution in [0.5, 0.6) is 0 Å². The van der Waals surface area contributed by atoms with Gasteiger partial charge in [-0.15, -0.1) is 0 Å². The van der Waals surface area contributed by atoms with E-state index in [1.165, 1.54) is 0 Å². The Hall–Kier alpha value is -2.47. The Morgan fingerprint density at radius 1 is 1.14 bits per heavy atom. The number of nitrogens with zero attached hydrogens (tertiary/aromatic N) is 3. The molecule has 0 aliphatic heterocycles. The number of likely N-dealkylation sites (N-methyl/N-ethyl adjacent to an activating group) is 1. The summed E-state index contributed by atoms with van der Waals surface area (Å²) in [5, 5.41) is 0.820. The molecule has 1 aromatic heterocycles. The lowest BCUT2D eigenvalue weighted by atomic mass is 10.0. The van der Waals surface area contributed by atoms with E-state index in [0.717, 1.165) is 29.4 Å². The Kier molecular flexibility index (Phi) is 6.22. The molecule has 1 heterocycles. The maximum Gasteiger partial charge on any atom is 0.326 e. The zero-order chi connectivity index (χ0) is 21.2. The first kappa shape index (κ1) is 21.2. The van der Waals surface area contributed by atoms with E-state index >= 15 is 0 Å². The van der Waals surface area contributed by atoms with Crippen LogP contribution in [0.1, 0.15) is 55.6 Å². The zero-order valence-corrected chi connectivity index (χ0v) is 18.1. The molecule has 3 rings (SSSR count). The number of hydrogen-bond acceptors (Lipinski definition) is 5. The molecule has 0 bridgehead atoms. The van der Waals surface area contributed by atoms with Crippen LogP contribution < -0.4 is 0 Å². The molecule has 0 unspecified atom stereocenters. The highest BCUT2D eigenvalue weighted by molar-refractivity contribution is 6.07. The summed E-state index contributed by atoms with van der Waals surface area (Å²) >= 11 is 0. The lowest BCUT2D eigenvalue weighted by Crippen LogP contribution is -2.42. The van der Waals surface area contributed by atoms with Crippen molar-refractivity contribution < 1.29 is 14.3 Å². The highest BCUT2D eigenvalue weighted by Crippen LogP contribution is 2.40. The van der Waals surface area contributed by atoms with Crippen LogP contribution in [0.4, 0.5) is 0 Å². The fourth-order valence-corrected chi connectivity index (χ4v) is 3.23. The summed E-state index contributed by atoms with van der Waals surface area (Å²) in [7, 11) is 3.90. The number of pyridine rings is 1. The van der Waals surface area contributed by atoms with Gasteiger partial charge < -0.3 is 14.5 Å². The van der Waals surface area contributed by atoms with Gasteiger partial charge in [0.15, 0.2) is 0 Å². The molecule has 0 atom stereocenters. The maximum absolute atomic E-state index is 13.5. The average Bonchev–Trinajstić information content (AvgIpc) is 3.47. The first-order valence-corrected chi connectivity index (χ1v) is 10.2. The molecular formula is C23H31N3O3. The molecule has 156 valence electrons. The van der Waals surface area contributed by atoms with E-state index < -0.39 is 11.6 Å². The first-order chi connectivity index (χ1) is 13.6. The van der Waals surface area contributed by atoms with Crippen LogP contribution in [0.25, 0.3) is 10.9 Å². The zero-order valence-electron chi connectivity index (χ0n) is 18.1. The van der Waals surface area contributed by atoms with Crippen molar-refractivity contribution in [3.8, 4) is 0 Å². The van der Waals surface area contributed by atoms with Crippen molar-refractivity contribution in [2.45, 2.75) is 45.1 Å². The van der Waals surface area contributed by atoms with Crippen molar-refractivity contribution in [3.63, 3.8) is 0 Å². The molecule has 0 radical (unpaired) electrons. The van der Waals surface area contributed by atoms with Crippen molar-refractivity contribution in [1.29, 1.82) is 0 Å². The maximum atomic E-state index is 13.5. The number of esters is 1. The minimum atomic E-state index is -0.587. The van der Waals surface area contributed by atoms with Crippen LogP contribution in [0.2, 0.25) is 0 Å². The van der Waals surface area contributed by atoms with E-state index in [4.69, 9.17) is 9.72 Å². The minimum absolute atomic E-state index is 0.0701. The molecule has 0 saturated heterocycles. The lowest BCUT2D eigenvalue weighted by Gasteiger charge is -2.26. The number of fused-ring (bicyclic) bond motifs is 1. The van der Waals surface area contributed by atoms with E-state index in [0.29, 0.717) is 24.6 Å². The van der Waals surface area contributed by atoms with E-state index in [-0.39, 0.29) is 12.5 Å². The fraction of sp³-hybridized carbons (Fsp3) is 0.522. The Morgan fingerprint density at radius 3 is 2.45 bits per heavy atom. The predicted octanol–water partition coefficient (Wildman–Crippen LogP) is 3.46. The Bertz CT molecular complexity index is 898. The van der Waals surface area contributed by atoms with Crippen LogP contribution >= 0.6 is 0 Å². The molecular weight excluding hydrogens is 366 g/mol. The van der Waals surface area contributed by atoms with Crippen LogP contribution in [0, 0.1) is 0 Å². The lowest BCUT2D eigenvalue weighted by molar-refractivity contribution is -0.155. The van der Waals surface area contributed by atoms with Gasteiger partial charge in [-0.25, -0.2) is 0 Å². The molecule has 1 amide bonds. The summed E-state index contributed by atoms with van der Waals surface area (Å²) in [5.74, 6) is -0.115. The van der Waals surface area contributed by atoms with Gasteiger partial charge in [0.25, 0.3) is 5.91 Å². The van der Waals surface area contributed by atoms with Gasteiger partial charge in [0.05, 0.1) is 11.1 Å². The summed E-state index contributed by atoms with van der Waals surface area (Å²) in [5.41, 5.74) is 1.82. The normalized spacial score (nSPS) is 14.3. The molecule has 0 N–H and O–H groups in total. The van der Waals surface area contributed by atoms with Gasteiger partial charge in [-0.2, -0.15) is 0 Å². The SMILES string of the molecule is CN(C)CCN(CC(=O)OC(C)(C)C)C(=O)c1cc(C2CC2)nc2ccccc12. The van der Waals surface area contributed by atoms with Crippen molar-refractivity contribution in [1.82, 2.24) is 14.8 Å². The standard InChI is InChI=1S/C23H31N3O3/c1-23(2,3)29-21(27)15-26(13-12-25(4)5)22(28)18-14-20(16-10-11-16)24-19-9-7-6-8-17(18)19/h6-9,14,16H,10-13,15H2,1-5H3. The van der Waals surface area contributed by atoms with Gasteiger partial charge in [-0.3, -0.25) is 14.6 Å². The van der Waals surface area contributed by atoms with Gasteiger partial charge in [0, 0.05) is 30.1 Å². The summed E-state index contributed by atoms with van der Waals surface area (Å²) < 4.78 is 5.46. The van der Waals surface area contributed by atoms with Crippen molar-refractivity contribution in [2.75, 3.05) is 33.7 Å². The second kappa shape index (κ2) is 8.49. The predicted molar refractivity (Wildman–Crippen MR) is 114 cm³/mol. The monoisotopic (exact) mass is 397 g/mol. The third-order valence-corrected chi connectivity index (χ3v) is 4.81. The summed E-state index contributed by atoms with van der Waals surface area (Å²) in [4.78, 5) is 34.3. The van der Waals surface area contributed by atoms with E-state index in [1.807, 2.05) is 70.1 Å². The Labute approximate surface area is 172 Å². The van der Waals surface area contributed by atoms with Gasteiger partial charge in [-0.1, -0.05) is 18.2 Å². The highest BCUT2D eigenvalue weighted by atomic mass is 16.6.